The molecule has 2 saturated carbocycles. The van der Waals surface area contributed by atoms with E-state index in [9.17, 15) is 22.8 Å². The van der Waals surface area contributed by atoms with Crippen molar-refractivity contribution in [3.05, 3.63) is 66.2 Å². The molecule has 4 aliphatic rings. The number of hydrogen-bond donors (Lipinski definition) is 2. The lowest BCUT2D eigenvalue weighted by molar-refractivity contribution is -0.140. The fourth-order valence-corrected chi connectivity index (χ4v) is 9.60. The molecule has 0 bridgehead atoms. The molecule has 1 aromatic heterocycles. The molecule has 56 heavy (non-hydrogen) atoms. The number of methoxy groups -OCH3 is 1. The van der Waals surface area contributed by atoms with Crippen LogP contribution in [0.25, 0.3) is 22.0 Å². The first-order valence-electron chi connectivity index (χ1n) is 20.0. The molecule has 0 unspecified atom stereocenters. The van der Waals surface area contributed by atoms with Crippen LogP contribution in [0.5, 0.6) is 11.6 Å². The number of amides is 3. The van der Waals surface area contributed by atoms with Crippen LogP contribution in [0.2, 0.25) is 0 Å². The van der Waals surface area contributed by atoms with Gasteiger partial charge in [-0.1, -0.05) is 71.0 Å². The Morgan fingerprint density at radius 3 is 2.43 bits per heavy atom. The number of nitrogens with zero attached hydrogens (tertiary/aromatic N) is 2. The molecule has 3 heterocycles. The topological polar surface area (TPSA) is 144 Å². The standard InChI is InChI=1S/C44H56N4O7S/c1-27-10-8-9-11-32-25-44(32,41(51)47-56(52,53)43(6)18-19-43)46-39(50)37-24-34(26-48(37)38(49)21-28(2)20-27)55-40-35-17-16-33(54-7)22-30(35)23-36(45-40)29-12-14-31(15-13-29)42(3,4)5/h9,11-17,22-23,27-28,32,34,37H,8,10,18-21,24-26H2,1-7H3,(H,46,50)(H,47,51)/b11-9-/t27-,28-,32-,34-,37+,44-/m1/s1. The molecule has 1 saturated heterocycles. The minimum atomic E-state index is -3.94. The van der Waals surface area contributed by atoms with E-state index >= 15 is 0 Å². The lowest BCUT2D eigenvalue weighted by Gasteiger charge is -2.28. The van der Waals surface area contributed by atoms with Crippen molar-refractivity contribution in [2.24, 2.45) is 17.8 Å². The molecule has 3 amide bonds. The summed E-state index contributed by atoms with van der Waals surface area (Å²) < 4.78 is 39.9. The second kappa shape index (κ2) is 14.8. The van der Waals surface area contributed by atoms with Gasteiger partial charge in [-0.3, -0.25) is 19.1 Å². The number of aromatic nitrogens is 1. The molecule has 12 heteroatoms. The molecule has 0 spiro atoms. The molecular formula is C44H56N4O7S. The Morgan fingerprint density at radius 2 is 1.75 bits per heavy atom. The predicted octanol–water partition coefficient (Wildman–Crippen LogP) is 6.83. The molecule has 3 aromatic rings. The Labute approximate surface area is 331 Å². The first-order valence-corrected chi connectivity index (χ1v) is 21.5. The maximum atomic E-state index is 14.4. The highest BCUT2D eigenvalue weighted by Crippen LogP contribution is 2.48. The van der Waals surface area contributed by atoms with Crippen molar-refractivity contribution in [3.8, 4) is 22.9 Å². The van der Waals surface area contributed by atoms with Crippen LogP contribution in [-0.4, -0.2) is 72.1 Å². The molecule has 2 aromatic carbocycles. The van der Waals surface area contributed by atoms with Crippen LogP contribution in [0.3, 0.4) is 0 Å². The maximum Gasteiger partial charge on any atom is 0.259 e. The van der Waals surface area contributed by atoms with E-state index in [1.54, 1.807) is 18.9 Å². The average molecular weight is 785 g/mol. The van der Waals surface area contributed by atoms with Crippen molar-refractivity contribution < 1.29 is 32.3 Å². The van der Waals surface area contributed by atoms with Gasteiger partial charge in [-0.2, -0.15) is 0 Å². The van der Waals surface area contributed by atoms with E-state index in [0.717, 1.165) is 35.6 Å². The van der Waals surface area contributed by atoms with Crippen molar-refractivity contribution in [3.63, 3.8) is 0 Å². The summed E-state index contributed by atoms with van der Waals surface area (Å²) in [7, 11) is -2.32. The van der Waals surface area contributed by atoms with Gasteiger partial charge in [0.1, 0.15) is 23.4 Å². The molecule has 300 valence electrons. The molecule has 11 nitrogen and oxygen atoms in total. The zero-order chi connectivity index (χ0) is 40.2. The minimum absolute atomic E-state index is 0.00958. The van der Waals surface area contributed by atoms with Crippen LogP contribution in [-0.2, 0) is 29.8 Å². The number of fused-ring (bicyclic) bond motifs is 3. The number of carbonyl (C=O) groups is 3. The summed E-state index contributed by atoms with van der Waals surface area (Å²) in [6.45, 7) is 12.5. The van der Waals surface area contributed by atoms with Gasteiger partial charge in [0.2, 0.25) is 27.7 Å². The molecule has 7 rings (SSSR count). The minimum Gasteiger partial charge on any atom is -0.497 e. The van der Waals surface area contributed by atoms with Gasteiger partial charge in [-0.05, 0) is 97.9 Å². The highest BCUT2D eigenvalue weighted by Gasteiger charge is 2.63. The summed E-state index contributed by atoms with van der Waals surface area (Å²) in [5, 5.41) is 4.60. The monoisotopic (exact) mass is 784 g/mol. The largest absolute Gasteiger partial charge is 0.497 e. The second-order valence-corrected chi connectivity index (χ2v) is 20.3. The maximum absolute atomic E-state index is 14.4. The summed E-state index contributed by atoms with van der Waals surface area (Å²) in [5.74, 6) is -0.247. The van der Waals surface area contributed by atoms with E-state index in [1.165, 1.54) is 5.56 Å². The summed E-state index contributed by atoms with van der Waals surface area (Å²) in [5.41, 5.74) is 1.38. The van der Waals surface area contributed by atoms with E-state index in [1.807, 2.05) is 36.4 Å². The molecule has 2 aliphatic heterocycles. The van der Waals surface area contributed by atoms with Crippen molar-refractivity contribution in [2.45, 2.75) is 121 Å². The fraction of sp³-hybridized carbons (Fsp3) is 0.545. The average Bonchev–Trinajstić information content (AvgIpc) is 4.02. The van der Waals surface area contributed by atoms with Crippen LogP contribution >= 0.6 is 0 Å². The Hall–Kier alpha value is -4.45. The molecule has 3 fully saturated rings. The summed E-state index contributed by atoms with van der Waals surface area (Å²) in [4.78, 5) is 49.0. The third-order valence-electron chi connectivity index (χ3n) is 12.3. The highest BCUT2D eigenvalue weighted by molar-refractivity contribution is 7.91. The van der Waals surface area contributed by atoms with Gasteiger partial charge in [-0.15, -0.1) is 0 Å². The number of carbonyl (C=O) groups excluding carboxylic acids is 3. The normalized spacial score (nSPS) is 28.6. The number of pyridine rings is 1. The van der Waals surface area contributed by atoms with Crippen molar-refractivity contribution in [1.29, 1.82) is 0 Å². The van der Waals surface area contributed by atoms with E-state index < -0.39 is 44.3 Å². The highest BCUT2D eigenvalue weighted by atomic mass is 32.2. The van der Waals surface area contributed by atoms with Crippen LogP contribution in [0.15, 0.2) is 60.7 Å². The van der Waals surface area contributed by atoms with Crippen LogP contribution < -0.4 is 19.5 Å². The van der Waals surface area contributed by atoms with Crippen molar-refractivity contribution in [2.75, 3.05) is 13.7 Å². The zero-order valence-electron chi connectivity index (χ0n) is 33.7. The number of allylic oxidation sites excluding steroid dienone is 1. The molecule has 6 atom stereocenters. The molecule has 0 radical (unpaired) electrons. The SMILES string of the molecule is COc1ccc2c(O[C@@H]3C[C@H]4C(=O)N[C@]5(C(=O)NS(=O)(=O)C6(C)CC6)C[C@H]5/C=C\CC[C@@H](C)C[C@@H](C)CC(=O)N4C3)nc(-c3ccc(C(C)(C)C)cc3)cc2c1. The van der Waals surface area contributed by atoms with Gasteiger partial charge in [0.15, 0.2) is 0 Å². The van der Waals surface area contributed by atoms with Gasteiger partial charge in [0.05, 0.1) is 24.1 Å². The van der Waals surface area contributed by atoms with Crippen molar-refractivity contribution in [1.82, 2.24) is 19.9 Å². The number of hydrogen-bond acceptors (Lipinski definition) is 8. The lowest BCUT2D eigenvalue weighted by Crippen LogP contribution is -2.57. The third kappa shape index (κ3) is 8.04. The Balaban J connectivity index is 1.20. The number of rotatable bonds is 7. The van der Waals surface area contributed by atoms with E-state index in [2.05, 4.69) is 68.9 Å². The lowest BCUT2D eigenvalue weighted by atomic mass is 9.86. The summed E-state index contributed by atoms with van der Waals surface area (Å²) in [6.07, 6.45) is 7.57. The fourth-order valence-electron chi connectivity index (χ4n) is 8.29. The molecular weight excluding hydrogens is 729 g/mol. The van der Waals surface area contributed by atoms with Gasteiger partial charge >= 0.3 is 0 Å². The predicted molar refractivity (Wildman–Crippen MR) is 217 cm³/mol. The van der Waals surface area contributed by atoms with Crippen LogP contribution in [0.4, 0.5) is 0 Å². The zero-order valence-corrected chi connectivity index (χ0v) is 34.5. The van der Waals surface area contributed by atoms with Crippen molar-refractivity contribution >= 4 is 38.5 Å². The van der Waals surface area contributed by atoms with Gasteiger partial charge < -0.3 is 19.7 Å². The quantitative estimate of drug-likeness (QED) is 0.248. The first kappa shape index (κ1) is 39.8. The first-order chi connectivity index (χ1) is 26.4. The van der Waals surface area contributed by atoms with Crippen LogP contribution in [0.1, 0.15) is 98.5 Å². The Morgan fingerprint density at radius 1 is 1.02 bits per heavy atom. The van der Waals surface area contributed by atoms with E-state index in [-0.39, 0.29) is 49.0 Å². The molecule has 2 aliphatic carbocycles. The van der Waals surface area contributed by atoms with Crippen LogP contribution in [0, 0.1) is 17.8 Å². The van der Waals surface area contributed by atoms with Gasteiger partial charge in [-0.25, -0.2) is 13.4 Å². The van der Waals surface area contributed by atoms with E-state index in [0.29, 0.717) is 36.1 Å². The van der Waals surface area contributed by atoms with Gasteiger partial charge in [0.25, 0.3) is 5.91 Å². The number of ether oxygens (including phenoxy) is 2. The number of benzene rings is 2. The number of nitrogens with one attached hydrogen (secondary N) is 2. The Bertz CT molecular complexity index is 2160. The van der Waals surface area contributed by atoms with Gasteiger partial charge in [0, 0.05) is 29.7 Å². The Kier molecular flexibility index (Phi) is 10.5. The number of sulfonamides is 1. The third-order valence-corrected chi connectivity index (χ3v) is 14.5. The second-order valence-electron chi connectivity index (χ2n) is 18.1. The summed E-state index contributed by atoms with van der Waals surface area (Å²) >= 11 is 0. The summed E-state index contributed by atoms with van der Waals surface area (Å²) in [6, 6.07) is 15.1. The van der Waals surface area contributed by atoms with E-state index in [4.69, 9.17) is 14.5 Å². The molecule has 2 N–H and O–H groups in total. The smallest absolute Gasteiger partial charge is 0.259 e.